The van der Waals surface area contributed by atoms with Gasteiger partial charge in [0.05, 0.1) is 26.4 Å². The van der Waals surface area contributed by atoms with Crippen molar-refractivity contribution >= 4 is 121 Å². The van der Waals surface area contributed by atoms with Gasteiger partial charge < -0.3 is 180 Å². The third-order valence-electron chi connectivity index (χ3n) is 15.9. The summed E-state index contributed by atoms with van der Waals surface area (Å²) in [7, 11) is -34.9. The Morgan fingerprint density at radius 2 is 0.490 bits per heavy atom. The average molecular weight is 2360 g/mol. The van der Waals surface area contributed by atoms with E-state index >= 15 is 0 Å². The Morgan fingerprint density at radius 1 is 0.310 bits per heavy atom. The van der Waals surface area contributed by atoms with E-state index in [2.05, 4.69) is 33.8 Å². The Kier molecular flexibility index (Phi) is 104. The number of hydrogen-bond donors (Lipinski definition) is 18. The molecule has 8 heterocycles. The minimum Gasteiger partial charge on any atom is -0.726 e. The molecule has 0 aliphatic carbocycles. The largest absolute Gasteiger partial charge is 1.00 e. The first-order valence-corrected chi connectivity index (χ1v) is 44.3. The molecule has 0 aromatic heterocycles. The van der Waals surface area contributed by atoms with E-state index in [1.165, 1.54) is 0 Å². The fraction of sp³-hybridized carbons (Fsp3) is 0.719. The zero-order valence-corrected chi connectivity index (χ0v) is 106. The molecule has 8 fully saturated rings. The van der Waals surface area contributed by atoms with Crippen molar-refractivity contribution in [3.05, 3.63) is 52.1 Å². The van der Waals surface area contributed by atoms with Crippen molar-refractivity contribution < 1.29 is 631 Å². The van der Waals surface area contributed by atoms with Crippen LogP contribution in [0, 0.1) is 52.1 Å². The summed E-state index contributed by atoms with van der Waals surface area (Å²) >= 11 is 0. The Morgan fingerprint density at radius 3 is 0.669 bits per heavy atom. The molecule has 8 unspecified atom stereocenters. The molecule has 0 spiro atoms. The Balaban J connectivity index is -0.000000360. The molecule has 4 amide bonds. The van der Waals surface area contributed by atoms with Crippen molar-refractivity contribution in [3.8, 4) is 0 Å². The first-order valence-electron chi connectivity index (χ1n) is 34.9. The number of rotatable bonds is 29. The van der Waals surface area contributed by atoms with Crippen LogP contribution in [0.2, 0.25) is 0 Å². The number of carbonyl (C=O) groups is 4. The molecule has 18 N–H and O–H groups in total. The fourth-order valence-electron chi connectivity index (χ4n) is 11.4. The number of hydrogen-bond acceptors (Lipinski definition) is 62. The maximum absolute atomic E-state index is 12.7. The van der Waals surface area contributed by atoms with Crippen molar-refractivity contribution in [1.29, 1.82) is 0 Å². The molecular formula is C57H81N4Na11O66S7-4. The predicted molar refractivity (Wildman–Crippen MR) is 378 cm³/mol. The van der Waals surface area contributed by atoms with Crippen molar-refractivity contribution in [2.45, 2.75) is 224 Å². The number of aliphatic hydroxyl groups excluding tert-OH is 10. The van der Waals surface area contributed by atoms with Gasteiger partial charge in [-0.05, 0) is 24.4 Å². The standard InChI is InChI=1S/C53H80N4O42S3.4CO2.11Na.4H2O4S/c1-18(59)54-38-42(68)47(31(93-50(38)81-5)15-86-100(72,73)74)98-36-8-24(65)28(12-84-36)90-51-39(55-19(2)60)43(69)46(27(10-58)89-51)96-35-7-23(64)29(13-83-35)91-53-41(57-21(4)62)45(71)49(33(95-53)17-88-102(78,79)80)99-37-9-25(66)30(14-85-37)92-52-40(56-20(3)61)44(70)48(32(94-52)16-87-101(75,76)77)97-34-6-22(63)26(67)11-82-34;4*2-1-3;;;;;;;;;;;;4*1-5(2,3)4/h6-9,11-14,22-53,58,63-71H,10,15-17H2,1-5H3,(H,54,59)(H,55,60)(H,56,61)(H,57,62)(H,72,73,74)(H,75,76,77)(H,78,79,80);;;;;;;;;;;;;;;;4*(H2,1,2,3,4)/q-8;;;;;11*+1;;;;/p-7/t22-,23-,24-,25-,26+,27?,28-,29-,30-,31?,32?,33?,34-,35-,36-,37-,38?,39?,40?,41?,42+,43+,44+,45+,46+,47+,48+,49+,50-,51-,52+,53+;;;;;;;;;;;;;;;;;;;/m0.................../s1. The fourth-order valence-corrected chi connectivity index (χ4v) is 12.3. The second-order valence-corrected chi connectivity index (χ2v) is 32.1. The van der Waals surface area contributed by atoms with Crippen LogP contribution in [0.25, 0.3) is 0 Å². The number of amides is 4. The predicted octanol–water partition coefficient (Wildman–Crippen LogP) is -51.5. The topological polar surface area (TPSA) is 1110 Å². The maximum atomic E-state index is 12.7. The summed E-state index contributed by atoms with van der Waals surface area (Å²) in [6, 6.07) is -6.45. The van der Waals surface area contributed by atoms with Crippen LogP contribution < -0.4 is 346 Å². The monoisotopic (exact) mass is 2350 g/mol. The second kappa shape index (κ2) is 86.2. The smallest absolute Gasteiger partial charge is 0.726 e. The molecule has 8 rings (SSSR count). The summed E-state index contributed by atoms with van der Waals surface area (Å²) in [6.07, 6.45) is -44.4. The molecule has 70 nitrogen and oxygen atoms in total. The summed E-state index contributed by atoms with van der Waals surface area (Å²) in [6.45, 7) is 2.87. The third kappa shape index (κ3) is 77.7. The first kappa shape index (κ1) is 174. The Hall–Kier alpha value is 4.45. The van der Waals surface area contributed by atoms with E-state index in [0.29, 0.717) is 0 Å². The van der Waals surface area contributed by atoms with E-state index < -0.39 is 319 Å². The molecule has 8 saturated heterocycles. The van der Waals surface area contributed by atoms with Crippen molar-refractivity contribution in [2.24, 2.45) is 0 Å². The Labute approximate surface area is 1070 Å². The minimum atomic E-state index is -5.57. The molecule has 145 heavy (non-hydrogen) atoms. The van der Waals surface area contributed by atoms with Gasteiger partial charge in [0, 0.05) is 60.0 Å². The first-order chi connectivity index (χ1) is 61.4. The number of aliphatic hydroxyl groups is 10. The van der Waals surface area contributed by atoms with Gasteiger partial charge in [0.1, 0.15) is 97.4 Å². The quantitative estimate of drug-likeness (QED) is 0.0143. The van der Waals surface area contributed by atoms with E-state index in [-0.39, 0.29) is 350 Å². The van der Waals surface area contributed by atoms with E-state index in [9.17, 15) is 109 Å². The van der Waals surface area contributed by atoms with Gasteiger partial charge >= 0.3 is 350 Å². The van der Waals surface area contributed by atoms with Gasteiger partial charge in [-0.3, -0.25) is 49.9 Å². The third-order valence-corrected chi connectivity index (χ3v) is 17.2. The van der Waals surface area contributed by atoms with Crippen LogP contribution in [-0.4, -0.2) is 438 Å². The van der Waals surface area contributed by atoms with Gasteiger partial charge in [0.2, 0.25) is 96.4 Å². The van der Waals surface area contributed by atoms with Gasteiger partial charge in [0.25, 0.3) is 0 Å². The summed E-state index contributed by atoms with van der Waals surface area (Å²) in [5.41, 5.74) is 0. The van der Waals surface area contributed by atoms with E-state index in [0.717, 1.165) is 86.9 Å². The Bertz CT molecular complexity index is 4440. The van der Waals surface area contributed by atoms with E-state index in [4.69, 9.17) is 184 Å². The van der Waals surface area contributed by atoms with Crippen LogP contribution in [-0.2, 0) is 219 Å². The molecule has 88 heteroatoms. The number of methoxy groups -OCH3 is 1. The molecule has 8 aliphatic heterocycles. The molecular weight excluding hydrogens is 2270 g/mol. The van der Waals surface area contributed by atoms with Crippen LogP contribution in [0.4, 0.5) is 0 Å². The second-order valence-electron chi connectivity index (χ2n) is 25.6. The number of ether oxygens (including phenoxy) is 16. The minimum absolute atomic E-state index is 0. The van der Waals surface area contributed by atoms with Crippen LogP contribution in [0.3, 0.4) is 0 Å². The molecule has 0 aromatic carbocycles. The number of carbonyl (C=O) groups excluding carboxylic acids is 12. The number of nitrogens with one attached hydrogen (secondary N) is 4. The van der Waals surface area contributed by atoms with Crippen molar-refractivity contribution in [2.75, 3.05) is 33.5 Å². The van der Waals surface area contributed by atoms with Gasteiger partial charge in [0.15, 0.2) is 25.2 Å². The molecule has 32 atom stereocenters. The molecule has 0 aromatic rings. The van der Waals surface area contributed by atoms with E-state index in [1.54, 1.807) is 0 Å². The molecule has 8 aliphatic rings. The van der Waals surface area contributed by atoms with Crippen molar-refractivity contribution in [1.82, 2.24) is 21.3 Å². The summed E-state index contributed by atoms with van der Waals surface area (Å²) < 4.78 is 340. The molecule has 782 valence electrons. The van der Waals surface area contributed by atoms with Gasteiger partial charge in [-0.25, -0.2) is 84.6 Å². The SMILES string of the molecule is CO[C@H]1OC(COS(=O)(=O)[O-])[C@@H](O[C@H]2[CH-][C@H](O)[C@@H](O[C@@H]3OC(CO)[C@@H](O[C@H]4[CH-][C@H](O)[C@@H](O[C@@H]5OC(COS(=O)(=O)[O-])[C@@H](O[C@H]6[CH-][C@H](O)[C@@H](O[C@@H]7OC(COS(=O)(=O)[O-])[C@@H](O[C@H]8[CH-][C@H](O)[C@H](O)[CH-]O8)[C@H](O)C7NC(C)=O)[CH-]O6)[C@H](O)C5NC(C)=O)[CH-]O4)[C@H](O)C3NC(C)=O)[CH-]O2)[C@H](O)C1NC(C)=O.O=C=O.O=C=O.O=C=O.O=C=O.O=S(=O)([O-])O.O=S(=O)([O-])O.O=S(=O)([O-])O.O=S(=O)([O-])O.[Na+].[Na+].[Na+].[Na+].[Na+].[Na+].[Na+].[Na+].[Na+].[Na+].[Na+]. The van der Waals surface area contributed by atoms with Crippen LogP contribution >= 0.6 is 0 Å². The summed E-state index contributed by atoms with van der Waals surface area (Å²) in [5.74, 6) is -3.16. The van der Waals surface area contributed by atoms with E-state index in [1.807, 2.05) is 0 Å². The van der Waals surface area contributed by atoms with Crippen LogP contribution in [0.5, 0.6) is 0 Å². The van der Waals surface area contributed by atoms with Crippen LogP contribution in [0.1, 0.15) is 27.7 Å². The van der Waals surface area contributed by atoms with Gasteiger partial charge in [-0.1, -0.05) is 24.4 Å². The summed E-state index contributed by atoms with van der Waals surface area (Å²) in [4.78, 5) is 115. The summed E-state index contributed by atoms with van der Waals surface area (Å²) in [5, 5.41) is 121. The zero-order chi connectivity index (χ0) is 104. The molecule has 0 bridgehead atoms. The van der Waals surface area contributed by atoms with Gasteiger partial charge in [-0.2, -0.15) is 64.8 Å². The maximum Gasteiger partial charge on any atom is 1.00 e. The zero-order valence-electron chi connectivity index (χ0n) is 78.3. The molecule has 0 saturated carbocycles. The van der Waals surface area contributed by atoms with Crippen molar-refractivity contribution in [3.63, 3.8) is 0 Å². The molecule has 0 radical (unpaired) electrons. The normalized spacial score (nSPS) is 31.8. The van der Waals surface area contributed by atoms with Crippen LogP contribution in [0.15, 0.2) is 0 Å². The average Bonchev–Trinajstić information content (AvgIpc) is 0.791. The van der Waals surface area contributed by atoms with Gasteiger partial charge in [-0.15, -0.1) is 0 Å².